The highest BCUT2D eigenvalue weighted by Crippen LogP contribution is 2.11. The van der Waals surface area contributed by atoms with Crippen LogP contribution in [0, 0.1) is 5.82 Å². The van der Waals surface area contributed by atoms with Gasteiger partial charge in [0, 0.05) is 65.3 Å². The van der Waals surface area contributed by atoms with Crippen molar-refractivity contribution in [2.75, 3.05) is 58.9 Å². The van der Waals surface area contributed by atoms with Gasteiger partial charge in [-0.15, -0.1) is 12.4 Å². The number of halogens is 2. The van der Waals surface area contributed by atoms with Crippen LogP contribution in [-0.4, -0.2) is 85.4 Å². The van der Waals surface area contributed by atoms with Crippen LogP contribution in [0.5, 0.6) is 0 Å². The molecule has 0 unspecified atom stereocenters. The van der Waals surface area contributed by atoms with E-state index in [2.05, 4.69) is 10.2 Å². The van der Waals surface area contributed by atoms with Crippen molar-refractivity contribution in [3.63, 3.8) is 0 Å². The van der Waals surface area contributed by atoms with Gasteiger partial charge in [0.05, 0.1) is 6.42 Å². The van der Waals surface area contributed by atoms with Crippen molar-refractivity contribution >= 4 is 24.2 Å². The molecule has 1 N–H and O–H groups in total. The molecule has 2 aliphatic rings. The Hall–Kier alpha value is -1.70. The number of carbonyl (C=O) groups excluding carboxylic acids is 2. The Morgan fingerprint density at radius 1 is 0.926 bits per heavy atom. The second-order valence-electron chi connectivity index (χ2n) is 6.87. The summed E-state index contributed by atoms with van der Waals surface area (Å²) in [5.41, 5.74) is 0.446. The molecule has 2 amide bonds. The van der Waals surface area contributed by atoms with Gasteiger partial charge < -0.3 is 15.1 Å². The van der Waals surface area contributed by atoms with Crippen molar-refractivity contribution in [2.45, 2.75) is 12.8 Å². The average Bonchev–Trinajstić information content (AvgIpc) is 2.69. The van der Waals surface area contributed by atoms with E-state index < -0.39 is 0 Å². The Morgan fingerprint density at radius 2 is 1.56 bits per heavy atom. The van der Waals surface area contributed by atoms with Crippen molar-refractivity contribution in [2.24, 2.45) is 0 Å². The van der Waals surface area contributed by atoms with E-state index >= 15 is 0 Å². The van der Waals surface area contributed by atoms with Crippen LogP contribution >= 0.6 is 12.4 Å². The standard InChI is InChI=1S/C19H27FN4O2.ClH/c20-17-4-2-1-3-16(17)15-19(26)24-13-11-22(12-14-24)8-5-18(25)23-9-6-21-7-10-23;/h1-4,21H,5-15H2;1H. The topological polar surface area (TPSA) is 55.9 Å². The third-order valence-corrected chi connectivity index (χ3v) is 5.14. The number of hydrogen-bond donors (Lipinski definition) is 1. The number of piperazine rings is 2. The highest BCUT2D eigenvalue weighted by atomic mass is 35.5. The monoisotopic (exact) mass is 398 g/mol. The lowest BCUT2D eigenvalue weighted by Crippen LogP contribution is -2.50. The second kappa shape index (κ2) is 10.6. The van der Waals surface area contributed by atoms with Crippen LogP contribution in [0.15, 0.2) is 24.3 Å². The molecule has 2 aliphatic heterocycles. The summed E-state index contributed by atoms with van der Waals surface area (Å²) < 4.78 is 13.7. The fourth-order valence-corrected chi connectivity index (χ4v) is 3.46. The van der Waals surface area contributed by atoms with Gasteiger partial charge in [0.25, 0.3) is 0 Å². The number of carbonyl (C=O) groups is 2. The van der Waals surface area contributed by atoms with E-state index in [1.54, 1.807) is 23.1 Å². The molecule has 1 aromatic carbocycles. The average molecular weight is 399 g/mol. The molecular formula is C19H28ClFN4O2. The van der Waals surface area contributed by atoms with Crippen LogP contribution in [0.2, 0.25) is 0 Å². The second-order valence-corrected chi connectivity index (χ2v) is 6.87. The summed E-state index contributed by atoms with van der Waals surface area (Å²) in [6.45, 7) is 6.84. The molecule has 3 rings (SSSR count). The molecule has 1 aromatic rings. The number of benzene rings is 1. The van der Waals surface area contributed by atoms with Crippen LogP contribution in [0.1, 0.15) is 12.0 Å². The zero-order valence-electron chi connectivity index (χ0n) is 15.5. The number of nitrogens with one attached hydrogen (secondary N) is 1. The van der Waals surface area contributed by atoms with Crippen molar-refractivity contribution in [3.8, 4) is 0 Å². The number of nitrogens with zero attached hydrogens (tertiary/aromatic N) is 3. The Kier molecular flexibility index (Phi) is 8.47. The summed E-state index contributed by atoms with van der Waals surface area (Å²) in [6, 6.07) is 6.42. The smallest absolute Gasteiger partial charge is 0.227 e. The van der Waals surface area contributed by atoms with Gasteiger partial charge in [-0.25, -0.2) is 4.39 Å². The summed E-state index contributed by atoms with van der Waals surface area (Å²) in [4.78, 5) is 30.5. The summed E-state index contributed by atoms with van der Waals surface area (Å²) in [5, 5.41) is 3.25. The molecule has 0 aliphatic carbocycles. The van der Waals surface area contributed by atoms with Gasteiger partial charge in [-0.2, -0.15) is 0 Å². The maximum absolute atomic E-state index is 13.7. The van der Waals surface area contributed by atoms with Crippen LogP contribution in [0.4, 0.5) is 4.39 Å². The third kappa shape index (κ3) is 6.16. The molecule has 8 heteroatoms. The molecule has 0 atom stereocenters. The maximum atomic E-state index is 13.7. The lowest BCUT2D eigenvalue weighted by Gasteiger charge is -2.35. The van der Waals surface area contributed by atoms with Gasteiger partial charge in [0.15, 0.2) is 0 Å². The summed E-state index contributed by atoms with van der Waals surface area (Å²) in [5.74, 6) is -0.151. The first-order valence-electron chi connectivity index (χ1n) is 9.35. The Morgan fingerprint density at radius 3 is 2.22 bits per heavy atom. The van der Waals surface area contributed by atoms with Crippen LogP contribution < -0.4 is 5.32 Å². The van der Waals surface area contributed by atoms with E-state index in [1.165, 1.54) is 6.07 Å². The van der Waals surface area contributed by atoms with Gasteiger partial charge in [-0.05, 0) is 11.6 Å². The number of hydrogen-bond acceptors (Lipinski definition) is 4. The molecule has 0 saturated carbocycles. The summed E-state index contributed by atoms with van der Waals surface area (Å²) in [6.07, 6.45) is 0.636. The molecule has 6 nitrogen and oxygen atoms in total. The molecule has 2 heterocycles. The van der Waals surface area contributed by atoms with Gasteiger partial charge in [-0.3, -0.25) is 14.5 Å². The van der Waals surface area contributed by atoms with Gasteiger partial charge in [-0.1, -0.05) is 18.2 Å². The SMILES string of the molecule is Cl.O=C(CCN1CCN(C(=O)Cc2ccccc2F)CC1)N1CCNCC1. The van der Waals surface area contributed by atoms with Crippen molar-refractivity contribution in [3.05, 3.63) is 35.6 Å². The first-order valence-corrected chi connectivity index (χ1v) is 9.35. The molecule has 2 fully saturated rings. The van der Waals surface area contributed by atoms with E-state index in [4.69, 9.17) is 0 Å². The zero-order chi connectivity index (χ0) is 18.4. The minimum absolute atomic E-state index is 0. The van der Waals surface area contributed by atoms with Crippen LogP contribution in [0.3, 0.4) is 0 Å². The van der Waals surface area contributed by atoms with E-state index in [0.717, 1.165) is 45.8 Å². The van der Waals surface area contributed by atoms with Crippen molar-refractivity contribution < 1.29 is 14.0 Å². The lowest BCUT2D eigenvalue weighted by molar-refractivity contribution is -0.134. The summed E-state index contributed by atoms with van der Waals surface area (Å²) >= 11 is 0. The molecule has 2 saturated heterocycles. The number of rotatable bonds is 5. The van der Waals surface area contributed by atoms with Gasteiger partial charge in [0.2, 0.25) is 11.8 Å². The van der Waals surface area contributed by atoms with Gasteiger partial charge >= 0.3 is 0 Å². The normalized spacial score (nSPS) is 18.1. The fraction of sp³-hybridized carbons (Fsp3) is 0.579. The molecule has 150 valence electrons. The molecule has 0 radical (unpaired) electrons. The largest absolute Gasteiger partial charge is 0.340 e. The van der Waals surface area contributed by atoms with E-state index in [0.29, 0.717) is 25.1 Å². The highest BCUT2D eigenvalue weighted by Gasteiger charge is 2.23. The lowest BCUT2D eigenvalue weighted by atomic mass is 10.1. The van der Waals surface area contributed by atoms with Gasteiger partial charge in [0.1, 0.15) is 5.82 Å². The first-order chi connectivity index (χ1) is 12.6. The third-order valence-electron chi connectivity index (χ3n) is 5.14. The molecular weight excluding hydrogens is 371 g/mol. The zero-order valence-corrected chi connectivity index (χ0v) is 16.3. The first kappa shape index (κ1) is 21.6. The molecule has 0 bridgehead atoms. The van der Waals surface area contributed by atoms with Crippen LogP contribution in [-0.2, 0) is 16.0 Å². The van der Waals surface area contributed by atoms with E-state index in [9.17, 15) is 14.0 Å². The Bertz CT molecular complexity index is 632. The predicted molar refractivity (Wildman–Crippen MR) is 104 cm³/mol. The Balaban J connectivity index is 0.00000261. The highest BCUT2D eigenvalue weighted by molar-refractivity contribution is 5.85. The molecule has 0 spiro atoms. The minimum Gasteiger partial charge on any atom is -0.340 e. The van der Waals surface area contributed by atoms with E-state index in [1.807, 2.05) is 4.90 Å². The van der Waals surface area contributed by atoms with E-state index in [-0.39, 0.29) is 36.5 Å². The molecule has 27 heavy (non-hydrogen) atoms. The quantitative estimate of drug-likeness (QED) is 0.795. The summed E-state index contributed by atoms with van der Waals surface area (Å²) in [7, 11) is 0. The number of amides is 2. The van der Waals surface area contributed by atoms with Crippen molar-refractivity contribution in [1.29, 1.82) is 0 Å². The Labute approximate surface area is 166 Å². The molecule has 0 aromatic heterocycles. The minimum atomic E-state index is -0.328. The fourth-order valence-electron chi connectivity index (χ4n) is 3.46. The van der Waals surface area contributed by atoms with Crippen LogP contribution in [0.25, 0.3) is 0 Å². The van der Waals surface area contributed by atoms with Crippen molar-refractivity contribution in [1.82, 2.24) is 20.0 Å². The predicted octanol–water partition coefficient (Wildman–Crippen LogP) is 0.756. The maximum Gasteiger partial charge on any atom is 0.227 e.